The molecule has 0 aliphatic rings. The fourth-order valence-electron chi connectivity index (χ4n) is 0.299. The van der Waals surface area contributed by atoms with Gasteiger partial charge in [-0.25, -0.2) is 4.98 Å². The van der Waals surface area contributed by atoms with Crippen LogP contribution in [-0.2, 0) is 0 Å². The standard InChI is InChI=1S/C4H3N3S/c1-2-8-4-5-3-6-7-4/h1,3H,(H,5,6,7). The summed E-state index contributed by atoms with van der Waals surface area (Å²) in [7, 11) is 0. The van der Waals surface area contributed by atoms with Crippen LogP contribution in [0.15, 0.2) is 11.5 Å². The van der Waals surface area contributed by atoms with E-state index in [0.29, 0.717) is 5.16 Å². The third-order valence-corrected chi connectivity index (χ3v) is 1.06. The lowest BCUT2D eigenvalue weighted by molar-refractivity contribution is 0.977. The van der Waals surface area contributed by atoms with Gasteiger partial charge in [-0.3, -0.25) is 5.10 Å². The molecule has 0 radical (unpaired) electrons. The Hall–Kier alpha value is -0.950. The summed E-state index contributed by atoms with van der Waals surface area (Å²) in [5, 5.41) is 9.20. The van der Waals surface area contributed by atoms with Crippen molar-refractivity contribution < 1.29 is 0 Å². The summed E-state index contributed by atoms with van der Waals surface area (Å²) in [4.78, 5) is 3.76. The molecule has 0 spiro atoms. The number of aromatic amines is 1. The van der Waals surface area contributed by atoms with Gasteiger partial charge in [0.25, 0.3) is 0 Å². The molecule has 0 aromatic carbocycles. The van der Waals surface area contributed by atoms with Crippen LogP contribution in [-0.4, -0.2) is 15.2 Å². The monoisotopic (exact) mass is 125 g/mol. The van der Waals surface area contributed by atoms with E-state index in [-0.39, 0.29) is 0 Å². The smallest absolute Gasteiger partial charge is 0.196 e. The topological polar surface area (TPSA) is 41.6 Å². The molecule has 8 heavy (non-hydrogen) atoms. The van der Waals surface area contributed by atoms with Crippen molar-refractivity contribution in [2.45, 2.75) is 5.16 Å². The molecule has 0 amide bonds. The molecule has 0 saturated carbocycles. The molecular formula is C4H3N3S. The zero-order chi connectivity index (χ0) is 5.82. The maximum atomic E-state index is 4.94. The SMILES string of the molecule is C#CSc1ncn[nH]1. The van der Waals surface area contributed by atoms with Crippen molar-refractivity contribution in [3.05, 3.63) is 6.33 Å². The number of nitrogens with zero attached hydrogens (tertiary/aromatic N) is 2. The van der Waals surface area contributed by atoms with Crippen molar-refractivity contribution in [2.24, 2.45) is 0 Å². The minimum atomic E-state index is 0.660. The number of nitrogens with one attached hydrogen (secondary N) is 1. The fraction of sp³-hybridized carbons (Fsp3) is 0. The van der Waals surface area contributed by atoms with Crippen LogP contribution in [0.2, 0.25) is 0 Å². The highest BCUT2D eigenvalue weighted by Gasteiger charge is 1.88. The molecule has 0 atom stereocenters. The zero-order valence-electron chi connectivity index (χ0n) is 3.96. The van der Waals surface area contributed by atoms with Crippen LogP contribution in [0, 0.1) is 11.7 Å². The van der Waals surface area contributed by atoms with Crippen molar-refractivity contribution in [3.8, 4) is 11.7 Å². The van der Waals surface area contributed by atoms with E-state index in [1.165, 1.54) is 18.1 Å². The van der Waals surface area contributed by atoms with E-state index in [1.807, 2.05) is 0 Å². The molecule has 0 fully saturated rings. The molecule has 0 saturated heterocycles. The van der Waals surface area contributed by atoms with Gasteiger partial charge in [-0.05, 0) is 5.25 Å². The van der Waals surface area contributed by atoms with E-state index in [1.54, 1.807) is 0 Å². The third kappa shape index (κ3) is 1.01. The molecule has 1 rings (SSSR count). The van der Waals surface area contributed by atoms with Gasteiger partial charge in [-0.15, -0.1) is 6.42 Å². The van der Waals surface area contributed by atoms with Gasteiger partial charge in [-0.2, -0.15) is 5.10 Å². The number of hydrogen-bond acceptors (Lipinski definition) is 3. The van der Waals surface area contributed by atoms with Crippen LogP contribution in [0.25, 0.3) is 0 Å². The molecule has 40 valence electrons. The lowest BCUT2D eigenvalue weighted by Crippen LogP contribution is -1.68. The van der Waals surface area contributed by atoms with E-state index in [0.717, 1.165) is 0 Å². The number of aromatic nitrogens is 3. The Balaban J connectivity index is 2.67. The summed E-state index contributed by atoms with van der Waals surface area (Å²) in [6, 6.07) is 0. The molecule has 3 nitrogen and oxygen atoms in total. The third-order valence-electron chi connectivity index (χ3n) is 0.549. The maximum Gasteiger partial charge on any atom is 0.196 e. The maximum absolute atomic E-state index is 4.94. The van der Waals surface area contributed by atoms with E-state index in [4.69, 9.17) is 6.42 Å². The Morgan fingerprint density at radius 2 is 2.75 bits per heavy atom. The molecule has 1 N–H and O–H groups in total. The number of terminal acetylenes is 1. The van der Waals surface area contributed by atoms with Gasteiger partial charge in [0.2, 0.25) is 0 Å². The van der Waals surface area contributed by atoms with Crippen LogP contribution in [0.3, 0.4) is 0 Å². The average Bonchev–Trinajstić information content (AvgIpc) is 2.19. The molecule has 0 bridgehead atoms. The van der Waals surface area contributed by atoms with E-state index in [9.17, 15) is 0 Å². The average molecular weight is 125 g/mol. The van der Waals surface area contributed by atoms with Crippen molar-refractivity contribution in [2.75, 3.05) is 0 Å². The van der Waals surface area contributed by atoms with Gasteiger partial charge in [0, 0.05) is 11.8 Å². The van der Waals surface area contributed by atoms with Crippen LogP contribution < -0.4 is 0 Å². The van der Waals surface area contributed by atoms with Crippen molar-refractivity contribution in [3.63, 3.8) is 0 Å². The van der Waals surface area contributed by atoms with E-state index < -0.39 is 0 Å². The van der Waals surface area contributed by atoms with Crippen LogP contribution in [0.5, 0.6) is 0 Å². The summed E-state index contributed by atoms with van der Waals surface area (Å²) < 4.78 is 0. The molecule has 4 heteroatoms. The predicted molar refractivity (Wildman–Crippen MR) is 31.1 cm³/mol. The minimum Gasteiger partial charge on any atom is -0.253 e. The first-order valence-electron chi connectivity index (χ1n) is 1.91. The van der Waals surface area contributed by atoms with Gasteiger partial charge in [0.15, 0.2) is 5.16 Å². The first-order chi connectivity index (χ1) is 3.93. The highest BCUT2D eigenvalue weighted by Crippen LogP contribution is 2.05. The van der Waals surface area contributed by atoms with Crippen molar-refractivity contribution in [1.29, 1.82) is 0 Å². The molecule has 0 unspecified atom stereocenters. The molecule has 0 aliphatic carbocycles. The molecule has 0 aliphatic heterocycles. The second-order valence-corrected chi connectivity index (χ2v) is 1.84. The number of thioether (sulfide) groups is 1. The van der Waals surface area contributed by atoms with Crippen LogP contribution in [0.1, 0.15) is 0 Å². The van der Waals surface area contributed by atoms with Gasteiger partial charge in [-0.1, -0.05) is 0 Å². The predicted octanol–water partition coefficient (Wildman–Crippen LogP) is 0.487. The Morgan fingerprint density at radius 3 is 3.25 bits per heavy atom. The van der Waals surface area contributed by atoms with E-state index >= 15 is 0 Å². The fourth-order valence-corrected chi connectivity index (χ4v) is 0.609. The molecule has 1 aromatic rings. The number of H-pyrrole nitrogens is 1. The first kappa shape index (κ1) is 5.19. The van der Waals surface area contributed by atoms with Crippen molar-refractivity contribution in [1.82, 2.24) is 15.2 Å². The van der Waals surface area contributed by atoms with Gasteiger partial charge in [0.05, 0.1) is 0 Å². The Labute approximate surface area is 50.9 Å². The number of rotatable bonds is 1. The summed E-state index contributed by atoms with van der Waals surface area (Å²) in [5.41, 5.74) is 0. The van der Waals surface area contributed by atoms with E-state index in [2.05, 4.69) is 20.4 Å². The first-order valence-corrected chi connectivity index (χ1v) is 2.73. The lowest BCUT2D eigenvalue weighted by atomic mass is 11.3. The quantitative estimate of drug-likeness (QED) is 0.438. The van der Waals surface area contributed by atoms with Crippen LogP contribution >= 0.6 is 11.8 Å². The molecule has 1 heterocycles. The second-order valence-electron chi connectivity index (χ2n) is 1.01. The normalized spacial score (nSPS) is 8.38. The zero-order valence-corrected chi connectivity index (χ0v) is 4.77. The molecule has 1 aromatic heterocycles. The lowest BCUT2D eigenvalue weighted by Gasteiger charge is -1.76. The summed E-state index contributed by atoms with van der Waals surface area (Å²) in [5.74, 6) is 0. The van der Waals surface area contributed by atoms with Crippen molar-refractivity contribution >= 4 is 11.8 Å². The van der Waals surface area contributed by atoms with Gasteiger partial charge < -0.3 is 0 Å². The minimum absolute atomic E-state index is 0.660. The summed E-state index contributed by atoms with van der Waals surface area (Å²) in [6.45, 7) is 0. The summed E-state index contributed by atoms with van der Waals surface area (Å²) >= 11 is 1.18. The molecular weight excluding hydrogens is 122 g/mol. The second kappa shape index (κ2) is 2.38. The Kier molecular flexibility index (Phi) is 1.55. The Bertz CT molecular complexity index is 186. The Morgan fingerprint density at radius 1 is 1.88 bits per heavy atom. The van der Waals surface area contributed by atoms with Gasteiger partial charge in [0.1, 0.15) is 6.33 Å². The largest absolute Gasteiger partial charge is 0.253 e. The summed E-state index contributed by atoms with van der Waals surface area (Å²) in [6.07, 6.45) is 6.36. The highest BCUT2D eigenvalue weighted by molar-refractivity contribution is 8.03. The van der Waals surface area contributed by atoms with Gasteiger partial charge >= 0.3 is 0 Å². The van der Waals surface area contributed by atoms with Crippen LogP contribution in [0.4, 0.5) is 0 Å². The highest BCUT2D eigenvalue weighted by atomic mass is 32.2. The number of hydrogen-bond donors (Lipinski definition) is 1.